The lowest BCUT2D eigenvalue weighted by Gasteiger charge is -2.17. The summed E-state index contributed by atoms with van der Waals surface area (Å²) in [7, 11) is 0. The number of esters is 1. The largest absolute Gasteiger partial charge is 0.452 e. The molecule has 0 aromatic heterocycles. The second-order valence-corrected chi connectivity index (χ2v) is 7.37. The third kappa shape index (κ3) is 3.67. The minimum absolute atomic E-state index is 0.109. The SMILES string of the molecule is CC(=O)c1cccc(NC(=O)C(C)OC(=O)C2(C)CC2(Cl)Cl)c1. The van der Waals surface area contributed by atoms with Gasteiger partial charge < -0.3 is 10.1 Å². The Balaban J connectivity index is 1.97. The Morgan fingerprint density at radius 2 is 1.91 bits per heavy atom. The Labute approximate surface area is 144 Å². The fraction of sp³-hybridized carbons (Fsp3) is 0.438. The average Bonchev–Trinajstić information content (AvgIpc) is 2.99. The highest BCUT2D eigenvalue weighted by Gasteiger charge is 2.69. The molecular weight excluding hydrogens is 341 g/mol. The first-order valence-corrected chi connectivity index (χ1v) is 7.83. The molecular formula is C16H17Cl2NO4. The molecule has 23 heavy (non-hydrogen) atoms. The summed E-state index contributed by atoms with van der Waals surface area (Å²) < 4.78 is 4.00. The fourth-order valence-corrected chi connectivity index (χ4v) is 2.71. The summed E-state index contributed by atoms with van der Waals surface area (Å²) in [6.45, 7) is 4.49. The van der Waals surface area contributed by atoms with Gasteiger partial charge in [0.25, 0.3) is 5.91 Å². The van der Waals surface area contributed by atoms with E-state index in [1.165, 1.54) is 13.8 Å². The number of hydrogen-bond acceptors (Lipinski definition) is 4. The van der Waals surface area contributed by atoms with Crippen LogP contribution in [0.15, 0.2) is 24.3 Å². The summed E-state index contributed by atoms with van der Waals surface area (Å²) in [5.74, 6) is -1.22. The number of rotatable bonds is 5. The van der Waals surface area contributed by atoms with Crippen LogP contribution in [0.1, 0.15) is 37.6 Å². The molecule has 124 valence electrons. The number of alkyl halides is 2. The minimum Gasteiger partial charge on any atom is -0.452 e. The van der Waals surface area contributed by atoms with Gasteiger partial charge in [-0.25, -0.2) is 0 Å². The van der Waals surface area contributed by atoms with Gasteiger partial charge in [-0.2, -0.15) is 0 Å². The normalized spacial score (nSPS) is 22.8. The van der Waals surface area contributed by atoms with Crippen molar-refractivity contribution < 1.29 is 19.1 Å². The maximum absolute atomic E-state index is 12.1. The average molecular weight is 358 g/mol. The van der Waals surface area contributed by atoms with E-state index in [1.807, 2.05) is 0 Å². The highest BCUT2D eigenvalue weighted by molar-refractivity contribution is 6.53. The lowest BCUT2D eigenvalue weighted by molar-refractivity contribution is -0.158. The van der Waals surface area contributed by atoms with Gasteiger partial charge in [0.15, 0.2) is 11.9 Å². The van der Waals surface area contributed by atoms with Crippen molar-refractivity contribution in [3.05, 3.63) is 29.8 Å². The van der Waals surface area contributed by atoms with E-state index in [4.69, 9.17) is 27.9 Å². The van der Waals surface area contributed by atoms with Gasteiger partial charge in [-0.05, 0) is 32.9 Å². The van der Waals surface area contributed by atoms with Crippen molar-refractivity contribution >= 4 is 46.5 Å². The maximum atomic E-state index is 12.1. The number of Topliss-reactive ketones (excluding diaryl/α,β-unsaturated/α-hetero) is 1. The molecule has 1 amide bonds. The molecule has 2 unspecified atom stereocenters. The van der Waals surface area contributed by atoms with Gasteiger partial charge in [-0.15, -0.1) is 23.2 Å². The molecule has 0 aliphatic heterocycles. The van der Waals surface area contributed by atoms with E-state index in [2.05, 4.69) is 5.32 Å². The van der Waals surface area contributed by atoms with Crippen molar-refractivity contribution in [2.75, 3.05) is 5.32 Å². The molecule has 5 nitrogen and oxygen atoms in total. The number of hydrogen-bond donors (Lipinski definition) is 1. The van der Waals surface area contributed by atoms with E-state index in [-0.39, 0.29) is 12.2 Å². The van der Waals surface area contributed by atoms with Crippen molar-refractivity contribution in [1.29, 1.82) is 0 Å². The number of halogens is 2. The number of anilines is 1. The number of benzene rings is 1. The quantitative estimate of drug-likeness (QED) is 0.498. The Bertz CT molecular complexity index is 674. The van der Waals surface area contributed by atoms with Gasteiger partial charge >= 0.3 is 5.97 Å². The second-order valence-electron chi connectivity index (χ2n) is 5.89. The summed E-state index contributed by atoms with van der Waals surface area (Å²) >= 11 is 11.8. The van der Waals surface area contributed by atoms with Crippen molar-refractivity contribution in [1.82, 2.24) is 0 Å². The van der Waals surface area contributed by atoms with Crippen LogP contribution in [0, 0.1) is 5.41 Å². The molecule has 2 atom stereocenters. The van der Waals surface area contributed by atoms with Crippen LogP contribution < -0.4 is 5.32 Å². The van der Waals surface area contributed by atoms with Gasteiger partial charge in [0.2, 0.25) is 0 Å². The van der Waals surface area contributed by atoms with Gasteiger partial charge in [0.05, 0.1) is 0 Å². The van der Waals surface area contributed by atoms with Crippen LogP contribution in [-0.4, -0.2) is 28.1 Å². The first kappa shape index (κ1) is 17.8. The van der Waals surface area contributed by atoms with Crippen LogP contribution in [0.5, 0.6) is 0 Å². The van der Waals surface area contributed by atoms with Crippen LogP contribution in [0.25, 0.3) is 0 Å². The molecule has 1 N–H and O–H groups in total. The third-order valence-corrected chi connectivity index (χ3v) is 5.00. The zero-order chi connectivity index (χ0) is 17.4. The molecule has 1 aliphatic carbocycles. The van der Waals surface area contributed by atoms with Crippen molar-refractivity contribution in [3.8, 4) is 0 Å². The number of ketones is 1. The van der Waals surface area contributed by atoms with Crippen molar-refractivity contribution in [2.45, 2.75) is 37.6 Å². The Kier molecular flexibility index (Phi) is 4.74. The Hall–Kier alpha value is -1.59. The predicted molar refractivity (Wildman–Crippen MR) is 87.8 cm³/mol. The summed E-state index contributed by atoms with van der Waals surface area (Å²) in [6.07, 6.45) is -0.721. The standard InChI is InChI=1S/C16H17Cl2NO4/c1-9(20)11-5-4-6-12(7-11)19-13(21)10(2)23-14(22)15(3)8-16(15,17)18/h4-7,10H,8H2,1-3H3,(H,19,21). The highest BCUT2D eigenvalue weighted by atomic mass is 35.5. The predicted octanol–water partition coefficient (Wildman–Crippen LogP) is 3.34. The van der Waals surface area contributed by atoms with Crippen LogP contribution >= 0.6 is 23.2 Å². The van der Waals surface area contributed by atoms with Crippen LogP contribution in [0.4, 0.5) is 5.69 Å². The lowest BCUT2D eigenvalue weighted by Crippen LogP contribution is -2.33. The van der Waals surface area contributed by atoms with Gasteiger partial charge in [-0.1, -0.05) is 12.1 Å². The molecule has 0 heterocycles. The van der Waals surface area contributed by atoms with Gasteiger partial charge in [-0.3, -0.25) is 14.4 Å². The van der Waals surface area contributed by atoms with E-state index < -0.39 is 27.7 Å². The van der Waals surface area contributed by atoms with E-state index in [9.17, 15) is 14.4 Å². The minimum atomic E-state index is -1.14. The molecule has 0 bridgehead atoms. The second kappa shape index (κ2) is 6.13. The van der Waals surface area contributed by atoms with E-state index in [0.29, 0.717) is 11.3 Å². The number of carbonyl (C=O) groups is 3. The summed E-state index contributed by atoms with van der Waals surface area (Å²) in [6, 6.07) is 6.50. The van der Waals surface area contributed by atoms with Gasteiger partial charge in [0.1, 0.15) is 9.75 Å². The molecule has 0 spiro atoms. The molecule has 1 fully saturated rings. The van der Waals surface area contributed by atoms with Crippen molar-refractivity contribution in [2.24, 2.45) is 5.41 Å². The number of ether oxygens (including phenoxy) is 1. The Morgan fingerprint density at radius 3 is 2.43 bits per heavy atom. The molecule has 1 saturated carbocycles. The van der Waals surface area contributed by atoms with Crippen molar-refractivity contribution in [3.63, 3.8) is 0 Å². The first-order chi connectivity index (χ1) is 10.6. The molecule has 0 saturated heterocycles. The summed E-state index contributed by atoms with van der Waals surface area (Å²) in [4.78, 5) is 35.5. The molecule has 2 rings (SSSR count). The molecule has 1 aliphatic rings. The highest BCUT2D eigenvalue weighted by Crippen LogP contribution is 2.64. The fourth-order valence-electron chi connectivity index (χ4n) is 2.03. The first-order valence-electron chi connectivity index (χ1n) is 7.07. The smallest absolute Gasteiger partial charge is 0.315 e. The maximum Gasteiger partial charge on any atom is 0.315 e. The molecule has 7 heteroatoms. The third-order valence-electron chi connectivity index (χ3n) is 3.90. The number of amides is 1. The Morgan fingerprint density at radius 1 is 1.30 bits per heavy atom. The van der Waals surface area contributed by atoms with Gasteiger partial charge in [0, 0.05) is 17.7 Å². The van der Waals surface area contributed by atoms with Crippen LogP contribution in [0.3, 0.4) is 0 Å². The molecule has 1 aromatic rings. The summed E-state index contributed by atoms with van der Waals surface area (Å²) in [5, 5.41) is 2.60. The zero-order valence-electron chi connectivity index (χ0n) is 13.0. The summed E-state index contributed by atoms with van der Waals surface area (Å²) in [5.41, 5.74) is -0.0570. The van der Waals surface area contributed by atoms with Crippen LogP contribution in [-0.2, 0) is 14.3 Å². The zero-order valence-corrected chi connectivity index (χ0v) is 14.5. The van der Waals surface area contributed by atoms with E-state index in [1.54, 1.807) is 31.2 Å². The monoisotopic (exact) mass is 357 g/mol. The van der Waals surface area contributed by atoms with E-state index in [0.717, 1.165) is 0 Å². The molecule has 0 radical (unpaired) electrons. The lowest BCUT2D eigenvalue weighted by atomic mass is 10.1. The van der Waals surface area contributed by atoms with E-state index >= 15 is 0 Å². The topological polar surface area (TPSA) is 72.5 Å². The number of nitrogens with one attached hydrogen (secondary N) is 1. The molecule has 1 aromatic carbocycles. The number of carbonyl (C=O) groups excluding carboxylic acids is 3. The van der Waals surface area contributed by atoms with Crippen LogP contribution in [0.2, 0.25) is 0 Å².